The van der Waals surface area contributed by atoms with Crippen LogP contribution in [0.3, 0.4) is 0 Å². The zero-order valence-electron chi connectivity index (χ0n) is 12.2. The van der Waals surface area contributed by atoms with E-state index in [-0.39, 0.29) is 12.4 Å². The van der Waals surface area contributed by atoms with Gasteiger partial charge in [0, 0.05) is 5.56 Å². The van der Waals surface area contributed by atoms with Crippen LogP contribution in [-0.4, -0.2) is 10.1 Å². The first-order valence-corrected chi connectivity index (χ1v) is 7.37. The van der Waals surface area contributed by atoms with Crippen molar-refractivity contribution in [3.05, 3.63) is 48.4 Å². The van der Waals surface area contributed by atoms with Crippen molar-refractivity contribution in [3.8, 4) is 11.4 Å². The number of aromatic nitrogens is 2. The molecule has 1 fully saturated rings. The maximum atomic E-state index is 6.39. The summed E-state index contributed by atoms with van der Waals surface area (Å²) in [5, 5.41) is 6.46. The second-order valence-corrected chi connectivity index (χ2v) is 5.81. The zero-order valence-corrected chi connectivity index (χ0v) is 13.0. The Labute approximate surface area is 135 Å². The molecule has 1 saturated carbocycles. The van der Waals surface area contributed by atoms with Crippen molar-refractivity contribution in [2.75, 3.05) is 0 Å². The number of nitrogens with two attached hydrogens (primary N) is 1. The molecule has 1 aromatic heterocycles. The van der Waals surface area contributed by atoms with Crippen LogP contribution in [0.25, 0.3) is 22.2 Å². The van der Waals surface area contributed by atoms with Crippen LogP contribution >= 0.6 is 12.4 Å². The number of benzene rings is 2. The third kappa shape index (κ3) is 2.38. The molecule has 0 unspecified atom stereocenters. The lowest BCUT2D eigenvalue weighted by atomic mass is 9.99. The van der Waals surface area contributed by atoms with E-state index in [1.54, 1.807) is 0 Å². The van der Waals surface area contributed by atoms with Crippen molar-refractivity contribution in [2.24, 2.45) is 5.73 Å². The van der Waals surface area contributed by atoms with Gasteiger partial charge in [-0.25, -0.2) is 0 Å². The fraction of sp³-hybridized carbons (Fsp3) is 0.294. The first-order chi connectivity index (χ1) is 10.3. The Bertz CT molecular complexity index is 788. The third-order valence-electron chi connectivity index (χ3n) is 4.38. The topological polar surface area (TPSA) is 64.9 Å². The summed E-state index contributed by atoms with van der Waals surface area (Å²) in [6.45, 7) is 0. The average molecular weight is 316 g/mol. The standard InChI is InChI=1S/C17H17N3O.ClH/c18-17(10-3-4-11-17)16-19-15(20-21-16)14-9-5-7-12-6-1-2-8-13(12)14;/h1-2,5-9H,3-4,10-11,18H2;1H. The summed E-state index contributed by atoms with van der Waals surface area (Å²) in [6.07, 6.45) is 4.10. The molecule has 1 aliphatic carbocycles. The maximum absolute atomic E-state index is 6.39. The lowest BCUT2D eigenvalue weighted by molar-refractivity contribution is 0.285. The summed E-state index contributed by atoms with van der Waals surface area (Å²) in [4.78, 5) is 4.58. The Morgan fingerprint density at radius 1 is 1.00 bits per heavy atom. The predicted molar refractivity (Wildman–Crippen MR) is 88.8 cm³/mol. The van der Waals surface area contributed by atoms with Crippen LogP contribution in [0, 0.1) is 0 Å². The summed E-state index contributed by atoms with van der Waals surface area (Å²) < 4.78 is 5.47. The van der Waals surface area contributed by atoms with Crippen molar-refractivity contribution < 1.29 is 4.52 Å². The molecule has 0 atom stereocenters. The molecule has 0 aliphatic heterocycles. The van der Waals surface area contributed by atoms with E-state index in [0.717, 1.165) is 36.6 Å². The fourth-order valence-electron chi connectivity index (χ4n) is 3.18. The first-order valence-electron chi connectivity index (χ1n) is 7.37. The smallest absolute Gasteiger partial charge is 0.247 e. The highest BCUT2D eigenvalue weighted by Crippen LogP contribution is 2.36. The monoisotopic (exact) mass is 315 g/mol. The number of hydrogen-bond donors (Lipinski definition) is 1. The number of nitrogens with zero attached hydrogens (tertiary/aromatic N) is 2. The molecule has 2 aromatic carbocycles. The van der Waals surface area contributed by atoms with E-state index in [1.807, 2.05) is 24.3 Å². The highest BCUT2D eigenvalue weighted by Gasteiger charge is 2.37. The second-order valence-electron chi connectivity index (χ2n) is 5.81. The third-order valence-corrected chi connectivity index (χ3v) is 4.38. The van der Waals surface area contributed by atoms with Crippen molar-refractivity contribution in [1.82, 2.24) is 10.1 Å². The minimum Gasteiger partial charge on any atom is -0.337 e. The van der Waals surface area contributed by atoms with E-state index in [4.69, 9.17) is 10.3 Å². The number of rotatable bonds is 2. The fourth-order valence-corrected chi connectivity index (χ4v) is 3.18. The van der Waals surface area contributed by atoms with Gasteiger partial charge in [0.15, 0.2) is 0 Å². The molecule has 0 radical (unpaired) electrons. The second kappa shape index (κ2) is 5.71. The predicted octanol–water partition coefficient (Wildman–Crippen LogP) is 4.04. The summed E-state index contributed by atoms with van der Waals surface area (Å²) in [5.74, 6) is 1.20. The van der Waals surface area contributed by atoms with Gasteiger partial charge in [0.25, 0.3) is 0 Å². The lowest BCUT2D eigenvalue weighted by Gasteiger charge is -2.17. The molecule has 2 N–H and O–H groups in total. The highest BCUT2D eigenvalue weighted by atomic mass is 35.5. The van der Waals surface area contributed by atoms with Crippen molar-refractivity contribution in [3.63, 3.8) is 0 Å². The van der Waals surface area contributed by atoms with Gasteiger partial charge in [-0.1, -0.05) is 60.5 Å². The summed E-state index contributed by atoms with van der Waals surface area (Å²) >= 11 is 0. The van der Waals surface area contributed by atoms with Crippen LogP contribution in [0.15, 0.2) is 47.0 Å². The molecule has 0 bridgehead atoms. The van der Waals surface area contributed by atoms with Gasteiger partial charge in [0.05, 0.1) is 5.54 Å². The van der Waals surface area contributed by atoms with Gasteiger partial charge in [-0.3, -0.25) is 0 Å². The Morgan fingerprint density at radius 3 is 2.55 bits per heavy atom. The van der Waals surface area contributed by atoms with E-state index in [2.05, 4.69) is 28.3 Å². The van der Waals surface area contributed by atoms with E-state index in [0.29, 0.717) is 11.7 Å². The molecular weight excluding hydrogens is 298 g/mol. The van der Waals surface area contributed by atoms with Gasteiger partial charge in [-0.2, -0.15) is 4.98 Å². The molecule has 3 aromatic rings. The molecule has 4 nitrogen and oxygen atoms in total. The molecule has 1 aliphatic rings. The normalized spacial score (nSPS) is 16.6. The van der Waals surface area contributed by atoms with Crippen molar-refractivity contribution in [2.45, 2.75) is 31.2 Å². The summed E-state index contributed by atoms with van der Waals surface area (Å²) in [7, 11) is 0. The SMILES string of the molecule is Cl.NC1(c2nc(-c3cccc4ccccc34)no2)CCCC1. The average Bonchev–Trinajstić information content (AvgIpc) is 3.16. The summed E-state index contributed by atoms with van der Waals surface area (Å²) in [6, 6.07) is 14.3. The highest BCUT2D eigenvalue weighted by molar-refractivity contribution is 5.94. The van der Waals surface area contributed by atoms with E-state index in [1.165, 1.54) is 5.39 Å². The molecule has 0 spiro atoms. The quantitative estimate of drug-likeness (QED) is 0.775. The number of halogens is 1. The molecule has 22 heavy (non-hydrogen) atoms. The molecular formula is C17H18ClN3O. The largest absolute Gasteiger partial charge is 0.337 e. The number of fused-ring (bicyclic) bond motifs is 1. The van der Waals surface area contributed by atoms with Gasteiger partial charge >= 0.3 is 0 Å². The van der Waals surface area contributed by atoms with Gasteiger partial charge in [-0.05, 0) is 23.6 Å². The first kappa shape index (κ1) is 15.0. The van der Waals surface area contributed by atoms with Gasteiger partial charge in [0.2, 0.25) is 11.7 Å². The van der Waals surface area contributed by atoms with Crippen LogP contribution in [0.4, 0.5) is 0 Å². The molecule has 114 valence electrons. The Kier molecular flexibility index (Phi) is 3.89. The van der Waals surface area contributed by atoms with E-state index in [9.17, 15) is 0 Å². The van der Waals surface area contributed by atoms with Crippen LogP contribution < -0.4 is 5.73 Å². The number of hydrogen-bond acceptors (Lipinski definition) is 4. The Hall–Kier alpha value is -1.91. The molecule has 4 rings (SSSR count). The van der Waals surface area contributed by atoms with Gasteiger partial charge in [-0.15, -0.1) is 12.4 Å². The molecule has 5 heteroatoms. The van der Waals surface area contributed by atoms with Crippen LogP contribution in [0.2, 0.25) is 0 Å². The van der Waals surface area contributed by atoms with Crippen molar-refractivity contribution in [1.29, 1.82) is 0 Å². The zero-order chi connectivity index (χ0) is 14.3. The minimum atomic E-state index is -0.435. The molecule has 0 saturated heterocycles. The van der Waals surface area contributed by atoms with Crippen molar-refractivity contribution >= 4 is 23.2 Å². The van der Waals surface area contributed by atoms with E-state index >= 15 is 0 Å². The van der Waals surface area contributed by atoms with Gasteiger partial charge in [0.1, 0.15) is 0 Å². The Morgan fingerprint density at radius 2 is 1.73 bits per heavy atom. The summed E-state index contributed by atoms with van der Waals surface area (Å²) in [5.41, 5.74) is 6.94. The molecule has 1 heterocycles. The van der Waals surface area contributed by atoms with Crippen LogP contribution in [0.1, 0.15) is 31.6 Å². The minimum absolute atomic E-state index is 0. The Balaban J connectivity index is 0.00000144. The maximum Gasteiger partial charge on any atom is 0.247 e. The molecule has 0 amide bonds. The van der Waals surface area contributed by atoms with Crippen LogP contribution in [0.5, 0.6) is 0 Å². The van der Waals surface area contributed by atoms with Gasteiger partial charge < -0.3 is 10.3 Å². The van der Waals surface area contributed by atoms with Crippen LogP contribution in [-0.2, 0) is 5.54 Å². The van der Waals surface area contributed by atoms with E-state index < -0.39 is 5.54 Å². The lowest BCUT2D eigenvalue weighted by Crippen LogP contribution is -2.33.